The summed E-state index contributed by atoms with van der Waals surface area (Å²) in [7, 11) is 5.32. The van der Waals surface area contributed by atoms with Crippen molar-refractivity contribution in [1.29, 1.82) is 0 Å². The van der Waals surface area contributed by atoms with E-state index in [1.165, 1.54) is 16.8 Å². The topological polar surface area (TPSA) is 112 Å². The van der Waals surface area contributed by atoms with Gasteiger partial charge in [-0.3, -0.25) is 14.4 Å². The van der Waals surface area contributed by atoms with E-state index < -0.39 is 43.0 Å². The number of alkyl halides is 3. The Hall–Kier alpha value is -2.90. The van der Waals surface area contributed by atoms with Crippen LogP contribution in [-0.2, 0) is 14.3 Å². The van der Waals surface area contributed by atoms with Crippen molar-refractivity contribution in [2.24, 2.45) is 5.92 Å². The van der Waals surface area contributed by atoms with Crippen molar-refractivity contribution in [3.8, 4) is 5.75 Å². The molecule has 2 rings (SSSR count). The first-order valence-corrected chi connectivity index (χ1v) is 15.7. The molecule has 3 amide bonds. The average molecular weight is 645 g/mol. The molecular formula is C32H51F3N4O6. The van der Waals surface area contributed by atoms with Gasteiger partial charge >= 0.3 is 6.18 Å². The monoisotopic (exact) mass is 644 g/mol. The number of benzene rings is 1. The van der Waals surface area contributed by atoms with Crippen LogP contribution in [-0.4, -0.2) is 116 Å². The van der Waals surface area contributed by atoms with Crippen molar-refractivity contribution in [2.75, 3.05) is 59.3 Å². The number of ether oxygens (including phenoxy) is 2. The van der Waals surface area contributed by atoms with Crippen LogP contribution in [0.15, 0.2) is 18.2 Å². The van der Waals surface area contributed by atoms with Crippen LogP contribution in [0.5, 0.6) is 5.75 Å². The number of carbonyl (C=O) groups excluding carboxylic acids is 3. The molecule has 45 heavy (non-hydrogen) atoms. The molecule has 1 aromatic rings. The highest BCUT2D eigenvalue weighted by Crippen LogP contribution is 2.29. The van der Waals surface area contributed by atoms with E-state index in [-0.39, 0.29) is 43.2 Å². The van der Waals surface area contributed by atoms with Gasteiger partial charge in [-0.15, -0.1) is 0 Å². The van der Waals surface area contributed by atoms with Gasteiger partial charge < -0.3 is 34.6 Å². The number of halogens is 3. The number of amides is 3. The summed E-state index contributed by atoms with van der Waals surface area (Å²) >= 11 is 0. The Morgan fingerprint density at radius 1 is 1.16 bits per heavy atom. The third-order valence-electron chi connectivity index (χ3n) is 7.85. The molecule has 0 radical (unpaired) electrons. The lowest BCUT2D eigenvalue weighted by Gasteiger charge is -2.36. The minimum atomic E-state index is -4.43. The summed E-state index contributed by atoms with van der Waals surface area (Å²) in [5, 5.41) is 13.0. The zero-order valence-electron chi connectivity index (χ0n) is 27.5. The average Bonchev–Trinajstić information content (AvgIpc) is 2.96. The van der Waals surface area contributed by atoms with Crippen LogP contribution >= 0.6 is 0 Å². The highest BCUT2D eigenvalue weighted by molar-refractivity contribution is 5.99. The van der Waals surface area contributed by atoms with E-state index in [0.29, 0.717) is 43.7 Å². The summed E-state index contributed by atoms with van der Waals surface area (Å²) in [5.74, 6) is -1.23. The van der Waals surface area contributed by atoms with E-state index in [1.807, 2.05) is 32.8 Å². The first-order chi connectivity index (χ1) is 21.1. The largest absolute Gasteiger partial charge is 0.490 e. The normalized spacial score (nSPS) is 21.0. The van der Waals surface area contributed by atoms with E-state index in [1.54, 1.807) is 25.1 Å². The number of carbonyl (C=O) groups is 3. The molecule has 0 saturated heterocycles. The molecule has 0 aromatic heterocycles. The molecule has 0 fully saturated rings. The van der Waals surface area contributed by atoms with E-state index in [0.717, 1.165) is 13.0 Å². The van der Waals surface area contributed by atoms with Gasteiger partial charge in [0.05, 0.1) is 36.8 Å². The summed E-state index contributed by atoms with van der Waals surface area (Å²) < 4.78 is 50.5. The summed E-state index contributed by atoms with van der Waals surface area (Å²) in [4.78, 5) is 44.0. The van der Waals surface area contributed by atoms with E-state index >= 15 is 0 Å². The zero-order chi connectivity index (χ0) is 33.7. The van der Waals surface area contributed by atoms with Gasteiger partial charge in [0.2, 0.25) is 11.8 Å². The Balaban J connectivity index is 2.37. The quantitative estimate of drug-likeness (QED) is 0.363. The number of likely N-dealkylation sites (N-methyl/N-ethyl adjacent to an activating group) is 1. The van der Waals surface area contributed by atoms with Crippen molar-refractivity contribution in [3.63, 3.8) is 0 Å². The zero-order valence-corrected chi connectivity index (χ0v) is 27.5. The molecule has 0 saturated carbocycles. The summed E-state index contributed by atoms with van der Waals surface area (Å²) in [6.45, 7) is 6.44. The van der Waals surface area contributed by atoms with E-state index in [9.17, 15) is 32.7 Å². The summed E-state index contributed by atoms with van der Waals surface area (Å²) in [6, 6.07) is 4.35. The molecule has 256 valence electrons. The Morgan fingerprint density at radius 3 is 2.51 bits per heavy atom. The number of hydrogen-bond acceptors (Lipinski definition) is 7. The van der Waals surface area contributed by atoms with Gasteiger partial charge in [0, 0.05) is 51.2 Å². The van der Waals surface area contributed by atoms with Crippen molar-refractivity contribution in [3.05, 3.63) is 23.8 Å². The number of hydrogen-bond donors (Lipinski definition) is 2. The highest BCUT2D eigenvalue weighted by Gasteiger charge is 2.32. The molecule has 0 spiro atoms. The highest BCUT2D eigenvalue weighted by atomic mass is 19.4. The number of aliphatic hydroxyl groups excluding tert-OH is 1. The number of rotatable bonds is 11. The maximum absolute atomic E-state index is 14.2. The van der Waals surface area contributed by atoms with Gasteiger partial charge in [-0.05, 0) is 78.4 Å². The molecule has 13 heteroatoms. The maximum Gasteiger partial charge on any atom is 0.389 e. The summed E-state index contributed by atoms with van der Waals surface area (Å²) in [5.41, 5.74) is 0.675. The van der Waals surface area contributed by atoms with Crippen LogP contribution in [0.4, 0.5) is 18.9 Å². The third kappa shape index (κ3) is 13.5. The molecular weight excluding hydrogens is 593 g/mol. The van der Waals surface area contributed by atoms with E-state index in [2.05, 4.69) is 5.32 Å². The first-order valence-electron chi connectivity index (χ1n) is 15.7. The number of fused-ring (bicyclic) bond motifs is 1. The fraction of sp³-hybridized carbons (Fsp3) is 0.719. The van der Waals surface area contributed by atoms with Crippen molar-refractivity contribution in [2.45, 2.75) is 90.1 Å². The maximum atomic E-state index is 14.2. The molecule has 0 unspecified atom stereocenters. The number of aliphatic hydroxyl groups is 1. The van der Waals surface area contributed by atoms with Crippen LogP contribution in [0, 0.1) is 5.92 Å². The van der Waals surface area contributed by atoms with Crippen molar-refractivity contribution >= 4 is 23.4 Å². The minimum absolute atomic E-state index is 0.0491. The molecule has 4 atom stereocenters. The third-order valence-corrected chi connectivity index (χ3v) is 7.85. The first kappa shape index (κ1) is 38.3. The van der Waals surface area contributed by atoms with Crippen LogP contribution in [0.2, 0.25) is 0 Å². The Labute approximate surface area is 265 Å². The molecule has 1 aliphatic heterocycles. The second kappa shape index (κ2) is 18.3. The standard InChI is InChI=1S/C32H51F3N4O6/c1-22-19-39(23(2)21-40)31(43)26-18-25(36-29(41)11-9-16-37(4)5)12-13-27(26)45-24(3)10-7-8-17-44-28(22)20-38(6)30(42)14-15-32(33,34)35/h12-13,18,22-24,28,40H,7-11,14-17,19-21H2,1-6H3,(H,36,41)/t22-,23+,24-,28-/m0/s1. The smallest absolute Gasteiger partial charge is 0.389 e. The Bertz CT molecular complexity index is 1100. The second-order valence-electron chi connectivity index (χ2n) is 12.4. The molecule has 1 heterocycles. The van der Waals surface area contributed by atoms with Gasteiger partial charge in [0.15, 0.2) is 0 Å². The van der Waals surface area contributed by atoms with Crippen molar-refractivity contribution < 1.29 is 42.1 Å². The van der Waals surface area contributed by atoms with Crippen LogP contribution in [0.25, 0.3) is 0 Å². The predicted octanol–water partition coefficient (Wildman–Crippen LogP) is 4.56. The van der Waals surface area contributed by atoms with Gasteiger partial charge in [-0.25, -0.2) is 0 Å². The molecule has 2 N–H and O–H groups in total. The minimum Gasteiger partial charge on any atom is -0.490 e. The molecule has 10 nitrogen and oxygen atoms in total. The van der Waals surface area contributed by atoms with Crippen LogP contribution < -0.4 is 10.1 Å². The number of anilines is 1. The number of nitrogens with zero attached hydrogens (tertiary/aromatic N) is 3. The molecule has 0 bridgehead atoms. The van der Waals surface area contributed by atoms with Crippen LogP contribution in [0.1, 0.15) is 76.1 Å². The SMILES string of the molecule is C[C@H](CO)N1C[C@H](C)[C@H](CN(C)C(=O)CCC(F)(F)F)OCCCC[C@H](C)Oc2ccc(NC(=O)CCCN(C)C)cc2C1=O. The lowest BCUT2D eigenvalue weighted by atomic mass is 10.0. The van der Waals surface area contributed by atoms with Gasteiger partial charge in [0.1, 0.15) is 5.75 Å². The van der Waals surface area contributed by atoms with Crippen LogP contribution in [0.3, 0.4) is 0 Å². The lowest BCUT2D eigenvalue weighted by Crippen LogP contribution is -2.48. The Kier molecular flexibility index (Phi) is 15.6. The number of nitrogens with one attached hydrogen (secondary N) is 1. The molecule has 0 aliphatic carbocycles. The Morgan fingerprint density at radius 2 is 1.87 bits per heavy atom. The predicted molar refractivity (Wildman–Crippen MR) is 166 cm³/mol. The van der Waals surface area contributed by atoms with Gasteiger partial charge in [-0.2, -0.15) is 13.2 Å². The fourth-order valence-corrected chi connectivity index (χ4v) is 5.05. The lowest BCUT2D eigenvalue weighted by molar-refractivity contribution is -0.149. The van der Waals surface area contributed by atoms with Gasteiger partial charge in [-0.1, -0.05) is 6.92 Å². The fourth-order valence-electron chi connectivity index (χ4n) is 5.05. The second-order valence-corrected chi connectivity index (χ2v) is 12.4. The molecule has 1 aromatic carbocycles. The van der Waals surface area contributed by atoms with Gasteiger partial charge in [0.25, 0.3) is 5.91 Å². The summed E-state index contributed by atoms with van der Waals surface area (Å²) in [6.07, 6.45) is -3.97. The van der Waals surface area contributed by atoms with E-state index in [4.69, 9.17) is 9.47 Å². The molecule has 1 aliphatic rings. The van der Waals surface area contributed by atoms with Crippen molar-refractivity contribution in [1.82, 2.24) is 14.7 Å².